The van der Waals surface area contributed by atoms with E-state index in [1.54, 1.807) is 4.90 Å². The lowest BCUT2D eigenvalue weighted by Crippen LogP contribution is -2.44. The summed E-state index contributed by atoms with van der Waals surface area (Å²) in [4.78, 5) is 14.1. The summed E-state index contributed by atoms with van der Waals surface area (Å²) in [6.45, 7) is 0.133. The highest BCUT2D eigenvalue weighted by molar-refractivity contribution is 5.94. The second-order valence-corrected chi connectivity index (χ2v) is 5.74. The van der Waals surface area contributed by atoms with Crippen LogP contribution in [0, 0.1) is 0 Å². The van der Waals surface area contributed by atoms with Crippen LogP contribution in [0.3, 0.4) is 0 Å². The summed E-state index contributed by atoms with van der Waals surface area (Å²) in [5.41, 5.74) is 6.26. The number of hydrogen-bond acceptors (Lipinski definition) is 2. The molecule has 1 fully saturated rings. The molecule has 0 radical (unpaired) electrons. The zero-order chi connectivity index (χ0) is 16.2. The van der Waals surface area contributed by atoms with Gasteiger partial charge >= 0.3 is 6.18 Å². The monoisotopic (exact) mass is 314 g/mol. The normalized spacial score (nSPS) is 16.5. The number of alkyl halides is 3. The molecule has 122 valence electrons. The molecule has 6 heteroatoms. The molecule has 0 atom stereocenters. The molecule has 1 aromatic carbocycles. The number of nitrogens with two attached hydrogens (primary N) is 1. The van der Waals surface area contributed by atoms with E-state index in [0.29, 0.717) is 5.56 Å². The van der Waals surface area contributed by atoms with Crippen molar-refractivity contribution in [3.63, 3.8) is 0 Å². The molecule has 2 rings (SSSR count). The second kappa shape index (κ2) is 7.13. The van der Waals surface area contributed by atoms with Crippen molar-refractivity contribution in [2.45, 2.75) is 50.7 Å². The number of halogens is 3. The molecule has 1 aromatic rings. The minimum atomic E-state index is -4.24. The first kappa shape index (κ1) is 16.8. The molecule has 2 N–H and O–H groups in total. The zero-order valence-corrected chi connectivity index (χ0v) is 12.4. The molecule has 3 nitrogen and oxygen atoms in total. The fourth-order valence-corrected chi connectivity index (χ4v) is 2.95. The van der Waals surface area contributed by atoms with Crippen molar-refractivity contribution >= 4 is 5.91 Å². The third kappa shape index (κ3) is 4.47. The highest BCUT2D eigenvalue weighted by atomic mass is 19.4. The Morgan fingerprint density at radius 3 is 2.23 bits per heavy atom. The molecule has 1 saturated carbocycles. The number of carbonyl (C=O) groups excluding carboxylic acids is 1. The van der Waals surface area contributed by atoms with Crippen LogP contribution >= 0.6 is 0 Å². The SMILES string of the molecule is NCN(C(=O)c1ccc(CC(F)(F)F)cc1)C1CCCCC1. The number of nitrogens with zero attached hydrogens (tertiary/aromatic N) is 1. The fourth-order valence-electron chi connectivity index (χ4n) is 2.95. The highest BCUT2D eigenvalue weighted by Gasteiger charge is 2.28. The Balaban J connectivity index is 2.07. The van der Waals surface area contributed by atoms with Crippen LogP contribution in [-0.2, 0) is 6.42 Å². The van der Waals surface area contributed by atoms with E-state index in [2.05, 4.69) is 0 Å². The summed E-state index contributed by atoms with van der Waals surface area (Å²) in [7, 11) is 0. The fraction of sp³-hybridized carbons (Fsp3) is 0.562. The Bertz CT molecular complexity index is 493. The molecule has 0 aromatic heterocycles. The topological polar surface area (TPSA) is 46.3 Å². The average molecular weight is 314 g/mol. The van der Waals surface area contributed by atoms with Gasteiger partial charge in [-0.2, -0.15) is 13.2 Å². The van der Waals surface area contributed by atoms with Gasteiger partial charge in [0, 0.05) is 11.6 Å². The summed E-state index contributed by atoms with van der Waals surface area (Å²) in [6.07, 6.45) is -0.00101. The van der Waals surface area contributed by atoms with Crippen molar-refractivity contribution in [1.29, 1.82) is 0 Å². The lowest BCUT2D eigenvalue weighted by atomic mass is 9.94. The molecular weight excluding hydrogens is 293 g/mol. The van der Waals surface area contributed by atoms with Crippen LogP contribution < -0.4 is 5.73 Å². The summed E-state index contributed by atoms with van der Waals surface area (Å²) in [5.74, 6) is -0.201. The van der Waals surface area contributed by atoms with E-state index < -0.39 is 12.6 Å². The van der Waals surface area contributed by atoms with E-state index in [0.717, 1.165) is 25.7 Å². The van der Waals surface area contributed by atoms with E-state index in [1.165, 1.54) is 30.7 Å². The molecule has 22 heavy (non-hydrogen) atoms. The number of amides is 1. The Labute approximate surface area is 128 Å². The van der Waals surface area contributed by atoms with Gasteiger partial charge in [0.1, 0.15) is 0 Å². The summed E-state index contributed by atoms with van der Waals surface area (Å²) in [6, 6.07) is 5.76. The van der Waals surface area contributed by atoms with Crippen LogP contribution in [0.15, 0.2) is 24.3 Å². The minimum absolute atomic E-state index is 0.133. The van der Waals surface area contributed by atoms with Crippen LogP contribution in [0.2, 0.25) is 0 Å². The summed E-state index contributed by atoms with van der Waals surface area (Å²) in [5, 5.41) is 0. The average Bonchev–Trinajstić information content (AvgIpc) is 2.48. The van der Waals surface area contributed by atoms with E-state index >= 15 is 0 Å². The molecular formula is C16H21F3N2O. The first-order chi connectivity index (χ1) is 10.4. The van der Waals surface area contributed by atoms with Crippen molar-refractivity contribution in [2.75, 3.05) is 6.67 Å². The second-order valence-electron chi connectivity index (χ2n) is 5.74. The van der Waals surface area contributed by atoms with Gasteiger partial charge in [-0.15, -0.1) is 0 Å². The van der Waals surface area contributed by atoms with Crippen molar-refractivity contribution in [3.05, 3.63) is 35.4 Å². The van der Waals surface area contributed by atoms with E-state index in [9.17, 15) is 18.0 Å². The minimum Gasteiger partial charge on any atom is -0.323 e. The van der Waals surface area contributed by atoms with E-state index in [4.69, 9.17) is 5.73 Å². The molecule has 1 amide bonds. The summed E-state index contributed by atoms with van der Waals surface area (Å²) < 4.78 is 37.0. The van der Waals surface area contributed by atoms with Crippen molar-refractivity contribution in [2.24, 2.45) is 5.73 Å². The number of carbonyl (C=O) groups is 1. The summed E-state index contributed by atoms with van der Waals surface area (Å²) >= 11 is 0. The predicted octanol–water partition coefficient (Wildman–Crippen LogP) is 3.48. The molecule has 0 heterocycles. The highest BCUT2D eigenvalue weighted by Crippen LogP contribution is 2.24. The molecule has 0 unspecified atom stereocenters. The van der Waals surface area contributed by atoms with Crippen LogP contribution in [-0.4, -0.2) is 29.7 Å². The third-order valence-corrected chi connectivity index (χ3v) is 4.08. The number of benzene rings is 1. The molecule has 1 aliphatic rings. The smallest absolute Gasteiger partial charge is 0.323 e. The third-order valence-electron chi connectivity index (χ3n) is 4.08. The first-order valence-corrected chi connectivity index (χ1v) is 7.57. The van der Waals surface area contributed by atoms with Gasteiger partial charge in [-0.05, 0) is 30.5 Å². The maximum Gasteiger partial charge on any atom is 0.393 e. The maximum absolute atomic E-state index is 12.5. The van der Waals surface area contributed by atoms with Gasteiger partial charge in [0.05, 0.1) is 13.1 Å². The maximum atomic E-state index is 12.5. The van der Waals surface area contributed by atoms with Crippen LogP contribution in [0.25, 0.3) is 0 Å². The molecule has 1 aliphatic carbocycles. The van der Waals surface area contributed by atoms with Crippen LogP contribution in [0.5, 0.6) is 0 Å². The van der Waals surface area contributed by atoms with E-state index in [1.807, 2.05) is 0 Å². The Hall–Kier alpha value is -1.56. The molecule has 0 spiro atoms. The molecule has 0 saturated heterocycles. The largest absolute Gasteiger partial charge is 0.393 e. The lowest BCUT2D eigenvalue weighted by molar-refractivity contribution is -0.127. The van der Waals surface area contributed by atoms with Crippen molar-refractivity contribution < 1.29 is 18.0 Å². The van der Waals surface area contributed by atoms with Gasteiger partial charge in [0.2, 0.25) is 0 Å². The molecule has 0 bridgehead atoms. The Morgan fingerprint density at radius 2 is 1.73 bits per heavy atom. The van der Waals surface area contributed by atoms with Gasteiger partial charge in [-0.25, -0.2) is 0 Å². The van der Waals surface area contributed by atoms with Gasteiger partial charge in [0.25, 0.3) is 5.91 Å². The van der Waals surface area contributed by atoms with Gasteiger partial charge in [-0.1, -0.05) is 31.4 Å². The lowest BCUT2D eigenvalue weighted by Gasteiger charge is -2.33. The van der Waals surface area contributed by atoms with E-state index in [-0.39, 0.29) is 24.2 Å². The predicted molar refractivity (Wildman–Crippen MR) is 78.3 cm³/mol. The Morgan fingerprint density at radius 1 is 1.14 bits per heavy atom. The number of hydrogen-bond donors (Lipinski definition) is 1. The van der Waals surface area contributed by atoms with Gasteiger partial charge in [-0.3, -0.25) is 4.79 Å². The quantitative estimate of drug-likeness (QED) is 0.865. The zero-order valence-electron chi connectivity index (χ0n) is 12.4. The Kier molecular flexibility index (Phi) is 5.45. The van der Waals surface area contributed by atoms with Crippen molar-refractivity contribution in [3.8, 4) is 0 Å². The van der Waals surface area contributed by atoms with Gasteiger partial charge < -0.3 is 10.6 Å². The van der Waals surface area contributed by atoms with Crippen molar-refractivity contribution in [1.82, 2.24) is 4.90 Å². The number of rotatable bonds is 4. The first-order valence-electron chi connectivity index (χ1n) is 7.57. The van der Waals surface area contributed by atoms with Crippen LogP contribution in [0.1, 0.15) is 48.0 Å². The van der Waals surface area contributed by atoms with Crippen LogP contribution in [0.4, 0.5) is 13.2 Å². The molecule has 0 aliphatic heterocycles. The standard InChI is InChI=1S/C16H21F3N2O/c17-16(18,19)10-12-6-8-13(9-7-12)15(22)21(11-20)14-4-2-1-3-5-14/h6-9,14H,1-5,10-11,20H2. The van der Waals surface area contributed by atoms with Gasteiger partial charge in [0.15, 0.2) is 0 Å².